The molecule has 1 atom stereocenters. The van der Waals surface area contributed by atoms with Gasteiger partial charge in [0, 0.05) is 38.9 Å². The number of rotatable bonds is 7. The van der Waals surface area contributed by atoms with Crippen molar-refractivity contribution in [2.75, 3.05) is 45.1 Å². The van der Waals surface area contributed by atoms with E-state index in [1.807, 2.05) is 0 Å². The van der Waals surface area contributed by atoms with Crippen molar-refractivity contribution in [2.45, 2.75) is 32.0 Å². The number of nitrogens with zero attached hydrogens (tertiary/aromatic N) is 4. The highest BCUT2D eigenvalue weighted by Gasteiger charge is 2.32. The monoisotopic (exact) mass is 501 g/mol. The molecule has 1 fully saturated rings. The lowest BCUT2D eigenvalue weighted by Crippen LogP contribution is -2.45. The number of likely N-dealkylation sites (N-methyl/N-ethyl adjacent to an activating group) is 1. The molecule has 3 N–H and O–H groups in total. The van der Waals surface area contributed by atoms with E-state index in [0.29, 0.717) is 25.1 Å². The number of nitrogens with one attached hydrogen (secondary N) is 3. The van der Waals surface area contributed by atoms with Crippen molar-refractivity contribution in [1.82, 2.24) is 25.5 Å². The Hall–Kier alpha value is -1.37. The Morgan fingerprint density at radius 2 is 2.11 bits per heavy atom. The van der Waals surface area contributed by atoms with Crippen molar-refractivity contribution in [3.63, 3.8) is 0 Å². The summed E-state index contributed by atoms with van der Waals surface area (Å²) in [4.78, 5) is 13.9. The third-order valence-electron chi connectivity index (χ3n) is 4.28. The first-order valence-electron chi connectivity index (χ1n) is 8.76. The lowest BCUT2D eigenvalue weighted by Gasteiger charge is -2.24. The van der Waals surface area contributed by atoms with E-state index in [4.69, 9.17) is 0 Å². The van der Waals surface area contributed by atoms with Gasteiger partial charge in [-0.05, 0) is 32.0 Å². The minimum absolute atomic E-state index is 0. The number of hydrogen-bond donors (Lipinski definition) is 3. The number of likely N-dealkylation sites (tertiary alicyclic amines) is 1. The van der Waals surface area contributed by atoms with Gasteiger partial charge in [-0.1, -0.05) is 6.92 Å². The average molecular weight is 501 g/mol. The van der Waals surface area contributed by atoms with Crippen LogP contribution >= 0.6 is 24.0 Å². The quantitative estimate of drug-likeness (QED) is 0.230. The van der Waals surface area contributed by atoms with Crippen LogP contribution in [0.15, 0.2) is 17.3 Å². The molecule has 0 radical (unpaired) electrons. The topological polar surface area (TPSA) is 77.5 Å². The van der Waals surface area contributed by atoms with Crippen molar-refractivity contribution in [3.05, 3.63) is 18.0 Å². The van der Waals surface area contributed by atoms with Gasteiger partial charge >= 0.3 is 6.18 Å². The fraction of sp³-hybridized carbons (Fsp3) is 0.688. The Balaban J connectivity index is 0.00000364. The summed E-state index contributed by atoms with van der Waals surface area (Å²) >= 11 is 0. The number of anilines is 1. The maximum Gasteiger partial charge on any atom is 0.433 e. The van der Waals surface area contributed by atoms with Crippen molar-refractivity contribution in [1.29, 1.82) is 0 Å². The zero-order chi connectivity index (χ0) is 19.0. The fourth-order valence-electron chi connectivity index (χ4n) is 2.93. The summed E-state index contributed by atoms with van der Waals surface area (Å²) < 4.78 is 37.8. The molecule has 1 aliphatic heterocycles. The highest BCUT2D eigenvalue weighted by molar-refractivity contribution is 14.0. The van der Waals surface area contributed by atoms with Gasteiger partial charge < -0.3 is 16.0 Å². The van der Waals surface area contributed by atoms with E-state index in [2.05, 4.69) is 42.7 Å². The van der Waals surface area contributed by atoms with Crippen LogP contribution in [0.25, 0.3) is 0 Å². The van der Waals surface area contributed by atoms with Crippen LogP contribution in [0.4, 0.5) is 19.1 Å². The molecule has 0 aromatic carbocycles. The fourth-order valence-corrected chi connectivity index (χ4v) is 2.93. The standard InChI is InChI=1S/C16H26F3N7.HI/c1-3-26-10-4-5-12(26)11-24-14(20-2)22-8-9-23-15-21-7-6-13(25-15)16(17,18)19;/h6-7,12H,3-5,8-11H2,1-2H3,(H2,20,22,24)(H,21,23,25);1H. The molecule has 2 heterocycles. The van der Waals surface area contributed by atoms with Crippen LogP contribution in [-0.2, 0) is 6.18 Å². The lowest BCUT2D eigenvalue weighted by molar-refractivity contribution is -0.141. The van der Waals surface area contributed by atoms with Crippen LogP contribution in [0.1, 0.15) is 25.5 Å². The van der Waals surface area contributed by atoms with Gasteiger partial charge in [0.2, 0.25) is 5.95 Å². The van der Waals surface area contributed by atoms with Gasteiger partial charge in [-0.15, -0.1) is 24.0 Å². The molecule has 1 aromatic heterocycles. The predicted octanol–water partition coefficient (Wildman–Crippen LogP) is 2.17. The van der Waals surface area contributed by atoms with Gasteiger partial charge in [-0.3, -0.25) is 9.89 Å². The normalized spacial score (nSPS) is 18.1. The third kappa shape index (κ3) is 7.64. The summed E-state index contributed by atoms with van der Waals surface area (Å²) in [5.41, 5.74) is -0.961. The first kappa shape index (κ1) is 23.7. The van der Waals surface area contributed by atoms with Crippen LogP contribution in [0, 0.1) is 0 Å². The zero-order valence-corrected chi connectivity index (χ0v) is 17.8. The minimum atomic E-state index is -4.48. The van der Waals surface area contributed by atoms with Crippen LogP contribution in [0.3, 0.4) is 0 Å². The van der Waals surface area contributed by atoms with Crippen LogP contribution in [-0.4, -0.2) is 66.6 Å². The van der Waals surface area contributed by atoms with Crippen LogP contribution < -0.4 is 16.0 Å². The van der Waals surface area contributed by atoms with Crippen molar-refractivity contribution < 1.29 is 13.2 Å². The van der Waals surface area contributed by atoms with E-state index >= 15 is 0 Å². The largest absolute Gasteiger partial charge is 0.433 e. The van der Waals surface area contributed by atoms with Gasteiger partial charge in [0.15, 0.2) is 5.96 Å². The molecule has 0 amide bonds. The minimum Gasteiger partial charge on any atom is -0.355 e. The summed E-state index contributed by atoms with van der Waals surface area (Å²) in [6.45, 7) is 5.99. The smallest absolute Gasteiger partial charge is 0.355 e. The first-order valence-corrected chi connectivity index (χ1v) is 8.76. The maximum atomic E-state index is 12.6. The second kappa shape index (κ2) is 11.5. The molecule has 0 spiro atoms. The highest BCUT2D eigenvalue weighted by Crippen LogP contribution is 2.27. The molecule has 0 bridgehead atoms. The molecule has 154 valence electrons. The van der Waals surface area contributed by atoms with E-state index in [9.17, 15) is 13.2 Å². The number of aliphatic imine (C=N–C) groups is 1. The number of halogens is 4. The van der Waals surface area contributed by atoms with Gasteiger partial charge in [0.25, 0.3) is 0 Å². The summed E-state index contributed by atoms with van der Waals surface area (Å²) in [5, 5.41) is 9.19. The summed E-state index contributed by atoms with van der Waals surface area (Å²) in [6.07, 6.45) is -0.997. The maximum absolute atomic E-state index is 12.6. The highest BCUT2D eigenvalue weighted by atomic mass is 127. The second-order valence-electron chi connectivity index (χ2n) is 5.99. The molecule has 0 aliphatic carbocycles. The summed E-state index contributed by atoms with van der Waals surface area (Å²) in [7, 11) is 1.69. The molecule has 1 saturated heterocycles. The van der Waals surface area contributed by atoms with Crippen molar-refractivity contribution in [2.24, 2.45) is 4.99 Å². The Labute approximate surface area is 174 Å². The predicted molar refractivity (Wildman–Crippen MR) is 111 cm³/mol. The van der Waals surface area contributed by atoms with Crippen LogP contribution in [0.2, 0.25) is 0 Å². The summed E-state index contributed by atoms with van der Waals surface area (Å²) in [5.74, 6) is 0.619. The van der Waals surface area contributed by atoms with Gasteiger partial charge in [-0.25, -0.2) is 9.97 Å². The Bertz CT molecular complexity index is 598. The molecular formula is C16H27F3IN7. The second-order valence-corrected chi connectivity index (χ2v) is 5.99. The van der Waals surface area contributed by atoms with Crippen molar-refractivity contribution >= 4 is 35.9 Å². The molecule has 1 aromatic rings. The van der Waals surface area contributed by atoms with Gasteiger partial charge in [-0.2, -0.15) is 13.2 Å². The molecular weight excluding hydrogens is 474 g/mol. The van der Waals surface area contributed by atoms with Crippen LogP contribution in [0.5, 0.6) is 0 Å². The number of hydrogen-bond acceptors (Lipinski definition) is 5. The summed E-state index contributed by atoms with van der Waals surface area (Å²) in [6, 6.07) is 1.35. The third-order valence-corrected chi connectivity index (χ3v) is 4.28. The van der Waals surface area contributed by atoms with E-state index in [-0.39, 0.29) is 29.9 Å². The van der Waals surface area contributed by atoms with Gasteiger partial charge in [0.05, 0.1) is 0 Å². The molecule has 11 heteroatoms. The van der Waals surface area contributed by atoms with E-state index in [0.717, 1.165) is 31.9 Å². The molecule has 0 saturated carbocycles. The average Bonchev–Trinajstić information content (AvgIpc) is 3.08. The Kier molecular flexibility index (Phi) is 10.1. The molecule has 1 unspecified atom stereocenters. The number of aromatic nitrogens is 2. The van der Waals surface area contributed by atoms with Gasteiger partial charge in [0.1, 0.15) is 5.69 Å². The Morgan fingerprint density at radius 3 is 2.78 bits per heavy atom. The molecule has 27 heavy (non-hydrogen) atoms. The Morgan fingerprint density at radius 1 is 1.33 bits per heavy atom. The molecule has 2 rings (SSSR count). The first-order chi connectivity index (χ1) is 12.4. The van der Waals surface area contributed by atoms with E-state index < -0.39 is 11.9 Å². The molecule has 7 nitrogen and oxygen atoms in total. The van der Waals surface area contributed by atoms with E-state index in [1.165, 1.54) is 12.8 Å². The molecule has 1 aliphatic rings. The van der Waals surface area contributed by atoms with Crippen molar-refractivity contribution in [3.8, 4) is 0 Å². The van der Waals surface area contributed by atoms with E-state index in [1.54, 1.807) is 7.05 Å². The SMILES string of the molecule is CCN1CCCC1CNC(=NC)NCCNc1nccc(C(F)(F)F)n1.I. The number of guanidine groups is 1. The lowest BCUT2D eigenvalue weighted by atomic mass is 10.2. The number of alkyl halides is 3. The zero-order valence-electron chi connectivity index (χ0n) is 15.5.